The van der Waals surface area contributed by atoms with Crippen molar-refractivity contribution in [3.8, 4) is 0 Å². The zero-order valence-corrected chi connectivity index (χ0v) is 9.79. The van der Waals surface area contributed by atoms with Gasteiger partial charge in [0.25, 0.3) is 0 Å². The fourth-order valence-electron chi connectivity index (χ4n) is 1.98. The second-order valence-electron chi connectivity index (χ2n) is 3.97. The lowest BCUT2D eigenvalue weighted by Gasteiger charge is -2.14. The van der Waals surface area contributed by atoms with Crippen LogP contribution in [0.3, 0.4) is 0 Å². The van der Waals surface area contributed by atoms with Gasteiger partial charge in [-0.05, 0) is 6.07 Å². The molecule has 0 fully saturated rings. The van der Waals surface area contributed by atoms with Gasteiger partial charge in [-0.2, -0.15) is 0 Å². The predicted molar refractivity (Wildman–Crippen MR) is 66.7 cm³/mol. The summed E-state index contributed by atoms with van der Waals surface area (Å²) in [6, 6.07) is 5.88. The number of benzene rings is 1. The van der Waals surface area contributed by atoms with E-state index in [-0.39, 0.29) is 28.7 Å². The van der Waals surface area contributed by atoms with Crippen LogP contribution in [0.4, 0.5) is 0 Å². The van der Waals surface area contributed by atoms with Crippen molar-refractivity contribution in [2.45, 2.75) is 6.42 Å². The van der Waals surface area contributed by atoms with Crippen molar-refractivity contribution in [2.75, 3.05) is 0 Å². The summed E-state index contributed by atoms with van der Waals surface area (Å²) in [5, 5.41) is 18.2. The first kappa shape index (κ1) is 12.8. The molecule has 1 aliphatic rings. The maximum Gasteiger partial charge on any atom is 0.336 e. The first-order valence-electron chi connectivity index (χ1n) is 5.52. The normalized spacial score (nSPS) is 14.6. The van der Waals surface area contributed by atoms with Crippen LogP contribution in [0.1, 0.15) is 22.3 Å². The molecule has 2 N–H and O–H groups in total. The number of carbonyl (C=O) groups excluding carboxylic acids is 1. The number of aromatic carboxylic acids is 1. The van der Waals surface area contributed by atoms with Gasteiger partial charge in [-0.15, -0.1) is 0 Å². The minimum Gasteiger partial charge on any atom is -0.478 e. The number of hydrogen-bond acceptors (Lipinski definition) is 3. The number of ketones is 1. The van der Waals surface area contributed by atoms with Gasteiger partial charge >= 0.3 is 11.9 Å². The van der Waals surface area contributed by atoms with E-state index in [9.17, 15) is 14.4 Å². The third kappa shape index (κ3) is 2.30. The monoisotopic (exact) mass is 258 g/mol. The van der Waals surface area contributed by atoms with Crippen LogP contribution in [0.2, 0.25) is 0 Å². The molecular formula is C14H10O5. The van der Waals surface area contributed by atoms with E-state index < -0.39 is 17.7 Å². The molecule has 96 valence electrons. The maximum absolute atomic E-state index is 11.9. The van der Waals surface area contributed by atoms with E-state index >= 15 is 0 Å². The Morgan fingerprint density at radius 2 is 1.74 bits per heavy atom. The second kappa shape index (κ2) is 4.89. The minimum atomic E-state index is -1.25. The van der Waals surface area contributed by atoms with Crippen molar-refractivity contribution >= 4 is 23.3 Å². The fraction of sp³-hybridized carbons (Fsp3) is 0.0714. The molecule has 1 aromatic carbocycles. The summed E-state index contributed by atoms with van der Waals surface area (Å²) in [5.74, 6) is -2.84. The molecule has 2 rings (SSSR count). The number of carboxylic acids is 2. The highest BCUT2D eigenvalue weighted by molar-refractivity contribution is 6.29. The first-order valence-corrected chi connectivity index (χ1v) is 5.52. The molecule has 19 heavy (non-hydrogen) atoms. The molecule has 1 aromatic rings. The van der Waals surface area contributed by atoms with E-state index in [1.807, 2.05) is 0 Å². The van der Waals surface area contributed by atoms with E-state index in [2.05, 4.69) is 0 Å². The van der Waals surface area contributed by atoms with Gasteiger partial charge < -0.3 is 10.2 Å². The largest absolute Gasteiger partial charge is 0.478 e. The van der Waals surface area contributed by atoms with Gasteiger partial charge in [0, 0.05) is 17.6 Å². The first-order chi connectivity index (χ1) is 9.02. The van der Waals surface area contributed by atoms with E-state index in [1.165, 1.54) is 30.4 Å². The van der Waals surface area contributed by atoms with E-state index in [0.717, 1.165) is 0 Å². The SMILES string of the molecule is O=C(O)C1=C(c2ccccc2C(=O)O)C(=O)CC=C1. The molecule has 0 bridgehead atoms. The van der Waals surface area contributed by atoms with Gasteiger partial charge in [0.2, 0.25) is 0 Å². The Morgan fingerprint density at radius 3 is 2.37 bits per heavy atom. The van der Waals surface area contributed by atoms with E-state index in [0.29, 0.717) is 0 Å². The van der Waals surface area contributed by atoms with Gasteiger partial charge in [0.1, 0.15) is 0 Å². The Morgan fingerprint density at radius 1 is 1.05 bits per heavy atom. The maximum atomic E-state index is 11.9. The molecule has 0 heterocycles. The van der Waals surface area contributed by atoms with Gasteiger partial charge in [-0.1, -0.05) is 30.4 Å². The van der Waals surface area contributed by atoms with Crippen LogP contribution in [0.15, 0.2) is 42.0 Å². The molecular weight excluding hydrogens is 248 g/mol. The van der Waals surface area contributed by atoms with Crippen LogP contribution in [-0.4, -0.2) is 27.9 Å². The summed E-state index contributed by atoms with van der Waals surface area (Å²) in [7, 11) is 0. The molecule has 0 aromatic heterocycles. The van der Waals surface area contributed by atoms with Crippen LogP contribution in [0, 0.1) is 0 Å². The van der Waals surface area contributed by atoms with Crippen molar-refractivity contribution in [3.63, 3.8) is 0 Å². The molecule has 5 heteroatoms. The minimum absolute atomic E-state index is 0.0481. The highest BCUT2D eigenvalue weighted by atomic mass is 16.4. The average Bonchev–Trinajstić information content (AvgIpc) is 2.38. The average molecular weight is 258 g/mol. The Hall–Kier alpha value is -2.69. The van der Waals surface area contributed by atoms with Crippen LogP contribution >= 0.6 is 0 Å². The third-order valence-corrected chi connectivity index (χ3v) is 2.79. The van der Waals surface area contributed by atoms with Crippen LogP contribution < -0.4 is 0 Å². The highest BCUT2D eigenvalue weighted by Crippen LogP contribution is 2.28. The molecule has 0 saturated heterocycles. The number of hydrogen-bond donors (Lipinski definition) is 2. The Kier molecular flexibility index (Phi) is 3.29. The van der Waals surface area contributed by atoms with Gasteiger partial charge in [0.15, 0.2) is 5.78 Å². The lowest BCUT2D eigenvalue weighted by atomic mass is 9.88. The van der Waals surface area contributed by atoms with Crippen molar-refractivity contribution < 1.29 is 24.6 Å². The lowest BCUT2D eigenvalue weighted by molar-refractivity contribution is -0.132. The fourth-order valence-corrected chi connectivity index (χ4v) is 1.98. The van der Waals surface area contributed by atoms with Crippen LogP contribution in [0.25, 0.3) is 5.57 Å². The quantitative estimate of drug-likeness (QED) is 0.861. The standard InChI is InChI=1S/C14H10O5/c15-11-7-3-6-10(14(18)19)12(11)8-4-1-2-5-9(8)13(16)17/h1-6H,7H2,(H,16,17)(H,18,19). The molecule has 0 aliphatic heterocycles. The number of carbonyl (C=O) groups is 3. The summed E-state index contributed by atoms with van der Waals surface area (Å²) in [4.78, 5) is 34.2. The smallest absolute Gasteiger partial charge is 0.336 e. The molecule has 0 spiro atoms. The Bertz CT molecular complexity index is 637. The Labute approximate surface area is 108 Å². The summed E-state index contributed by atoms with van der Waals surface area (Å²) < 4.78 is 0. The molecule has 0 atom stereocenters. The van der Waals surface area contributed by atoms with E-state index in [1.54, 1.807) is 6.07 Å². The summed E-state index contributed by atoms with van der Waals surface area (Å²) in [5.41, 5.74) is -0.167. The molecule has 5 nitrogen and oxygen atoms in total. The molecule has 0 radical (unpaired) electrons. The third-order valence-electron chi connectivity index (χ3n) is 2.79. The van der Waals surface area contributed by atoms with Crippen molar-refractivity contribution in [2.24, 2.45) is 0 Å². The number of carboxylic acid groups (broad SMARTS) is 2. The van der Waals surface area contributed by atoms with Gasteiger partial charge in [0.05, 0.1) is 11.1 Å². The van der Waals surface area contributed by atoms with Crippen molar-refractivity contribution in [1.29, 1.82) is 0 Å². The molecule has 0 saturated carbocycles. The zero-order chi connectivity index (χ0) is 14.0. The summed E-state index contributed by atoms with van der Waals surface area (Å²) >= 11 is 0. The predicted octanol–water partition coefficient (Wildman–Crippen LogP) is 1.75. The van der Waals surface area contributed by atoms with E-state index in [4.69, 9.17) is 10.2 Å². The van der Waals surface area contributed by atoms with Gasteiger partial charge in [-0.25, -0.2) is 9.59 Å². The zero-order valence-electron chi connectivity index (χ0n) is 9.79. The number of rotatable bonds is 3. The summed E-state index contributed by atoms with van der Waals surface area (Å²) in [6.45, 7) is 0. The number of allylic oxidation sites excluding steroid dienone is 2. The van der Waals surface area contributed by atoms with Crippen molar-refractivity contribution in [1.82, 2.24) is 0 Å². The number of Topliss-reactive ketones (excluding diaryl/α,β-unsaturated/α-hetero) is 1. The second-order valence-corrected chi connectivity index (χ2v) is 3.97. The topological polar surface area (TPSA) is 91.7 Å². The lowest BCUT2D eigenvalue weighted by Crippen LogP contribution is -2.15. The number of aliphatic carboxylic acids is 1. The molecule has 0 unspecified atom stereocenters. The highest BCUT2D eigenvalue weighted by Gasteiger charge is 2.25. The van der Waals surface area contributed by atoms with Crippen LogP contribution in [0.5, 0.6) is 0 Å². The Balaban J connectivity index is 2.74. The van der Waals surface area contributed by atoms with Crippen LogP contribution in [-0.2, 0) is 9.59 Å². The molecule has 1 aliphatic carbocycles. The van der Waals surface area contributed by atoms with Gasteiger partial charge in [-0.3, -0.25) is 4.79 Å². The van der Waals surface area contributed by atoms with Crippen molar-refractivity contribution in [3.05, 3.63) is 53.1 Å². The summed E-state index contributed by atoms with van der Waals surface area (Å²) in [6.07, 6.45) is 2.86. The molecule has 0 amide bonds.